The Kier molecular flexibility index (Phi) is 5.01. The van der Waals surface area contributed by atoms with E-state index in [0.29, 0.717) is 25.1 Å². The molecule has 0 saturated carbocycles. The maximum Gasteiger partial charge on any atom is 0.254 e. The molecule has 1 aromatic heterocycles. The third-order valence-electron chi connectivity index (χ3n) is 6.73. The summed E-state index contributed by atoms with van der Waals surface area (Å²) in [6, 6.07) is 19.4. The summed E-state index contributed by atoms with van der Waals surface area (Å²) >= 11 is 0. The molecule has 2 aromatic carbocycles. The predicted molar refractivity (Wildman–Crippen MR) is 117 cm³/mol. The standard InChI is InChI=1S/C25H27N3O2/c29-24(21-12-14-26-22-11-5-4-10-20(21)22)28-17-13-25(30,19-8-2-1-3-9-19)23(18-28)27-15-6-7-16-27/h1-5,8-12,14,23,30H,6-7,13,15-18H2/t23-,25+/m1/s1. The molecule has 5 rings (SSSR count). The molecule has 2 saturated heterocycles. The Balaban J connectivity index is 1.48. The number of carbonyl (C=O) groups excluding carboxylic acids is 1. The lowest BCUT2D eigenvalue weighted by atomic mass is 9.79. The quantitative estimate of drug-likeness (QED) is 0.731. The van der Waals surface area contributed by atoms with Gasteiger partial charge in [0.05, 0.1) is 17.1 Å². The van der Waals surface area contributed by atoms with Crippen molar-refractivity contribution in [3.8, 4) is 0 Å². The largest absolute Gasteiger partial charge is 0.383 e. The molecule has 5 heteroatoms. The molecule has 0 bridgehead atoms. The first-order chi connectivity index (χ1) is 14.7. The van der Waals surface area contributed by atoms with Crippen molar-refractivity contribution in [2.75, 3.05) is 26.2 Å². The lowest BCUT2D eigenvalue weighted by Crippen LogP contribution is -2.61. The first-order valence-corrected chi connectivity index (χ1v) is 10.8. The molecule has 3 heterocycles. The summed E-state index contributed by atoms with van der Waals surface area (Å²) < 4.78 is 0. The van der Waals surface area contributed by atoms with Gasteiger partial charge in [-0.15, -0.1) is 0 Å². The van der Waals surface area contributed by atoms with Crippen molar-refractivity contribution in [1.82, 2.24) is 14.8 Å². The van der Waals surface area contributed by atoms with Crippen LogP contribution in [-0.4, -0.2) is 58.0 Å². The molecule has 1 amide bonds. The van der Waals surface area contributed by atoms with Crippen LogP contribution in [0.5, 0.6) is 0 Å². The van der Waals surface area contributed by atoms with Crippen LogP contribution in [0, 0.1) is 0 Å². The Morgan fingerprint density at radius 1 is 0.967 bits per heavy atom. The first kappa shape index (κ1) is 19.2. The molecule has 0 unspecified atom stereocenters. The average molecular weight is 402 g/mol. The van der Waals surface area contributed by atoms with Gasteiger partial charge in [0.25, 0.3) is 5.91 Å². The zero-order valence-corrected chi connectivity index (χ0v) is 17.1. The van der Waals surface area contributed by atoms with E-state index < -0.39 is 5.60 Å². The minimum Gasteiger partial charge on any atom is -0.383 e. The van der Waals surface area contributed by atoms with Gasteiger partial charge < -0.3 is 10.0 Å². The van der Waals surface area contributed by atoms with Crippen LogP contribution >= 0.6 is 0 Å². The molecule has 1 N–H and O–H groups in total. The predicted octanol–water partition coefficient (Wildman–Crippen LogP) is 3.43. The van der Waals surface area contributed by atoms with E-state index in [4.69, 9.17) is 0 Å². The van der Waals surface area contributed by atoms with E-state index >= 15 is 0 Å². The van der Waals surface area contributed by atoms with E-state index in [2.05, 4.69) is 9.88 Å². The van der Waals surface area contributed by atoms with Gasteiger partial charge >= 0.3 is 0 Å². The summed E-state index contributed by atoms with van der Waals surface area (Å²) in [5, 5.41) is 12.7. The Labute approximate surface area is 177 Å². The van der Waals surface area contributed by atoms with Crippen LogP contribution in [-0.2, 0) is 5.60 Å². The number of benzene rings is 2. The van der Waals surface area contributed by atoms with Crippen LogP contribution in [0.15, 0.2) is 66.9 Å². The maximum absolute atomic E-state index is 13.5. The average Bonchev–Trinajstić information content (AvgIpc) is 3.34. The minimum atomic E-state index is -0.942. The molecule has 30 heavy (non-hydrogen) atoms. The summed E-state index contributed by atoms with van der Waals surface area (Å²) in [6.07, 6.45) is 4.53. The number of hydrogen-bond acceptors (Lipinski definition) is 4. The van der Waals surface area contributed by atoms with Crippen molar-refractivity contribution in [3.63, 3.8) is 0 Å². The molecule has 3 aromatic rings. The van der Waals surface area contributed by atoms with Gasteiger partial charge in [-0.1, -0.05) is 48.5 Å². The molecule has 0 aliphatic carbocycles. The second-order valence-electron chi connectivity index (χ2n) is 8.43. The van der Waals surface area contributed by atoms with Gasteiger partial charge in [-0.2, -0.15) is 0 Å². The molecule has 0 radical (unpaired) electrons. The maximum atomic E-state index is 13.5. The number of likely N-dealkylation sites (tertiary alicyclic amines) is 2. The fraction of sp³-hybridized carbons (Fsp3) is 0.360. The molecule has 2 aliphatic rings. The van der Waals surface area contributed by atoms with Crippen molar-refractivity contribution >= 4 is 16.8 Å². The first-order valence-electron chi connectivity index (χ1n) is 10.8. The van der Waals surface area contributed by atoms with Crippen molar-refractivity contribution in [2.24, 2.45) is 0 Å². The summed E-state index contributed by atoms with van der Waals surface area (Å²) in [4.78, 5) is 22.2. The van der Waals surface area contributed by atoms with Crippen molar-refractivity contribution < 1.29 is 9.90 Å². The number of carbonyl (C=O) groups is 1. The van der Waals surface area contributed by atoms with Gasteiger partial charge in [-0.3, -0.25) is 14.7 Å². The highest BCUT2D eigenvalue weighted by Gasteiger charge is 2.47. The number of fused-ring (bicyclic) bond motifs is 1. The molecular weight excluding hydrogens is 374 g/mol. The highest BCUT2D eigenvalue weighted by Crippen LogP contribution is 2.38. The lowest BCUT2D eigenvalue weighted by Gasteiger charge is -2.48. The van der Waals surface area contributed by atoms with Crippen LogP contribution < -0.4 is 0 Å². The van der Waals surface area contributed by atoms with E-state index in [1.807, 2.05) is 65.6 Å². The summed E-state index contributed by atoms with van der Waals surface area (Å²) in [5.74, 6) is 0.0212. The van der Waals surface area contributed by atoms with E-state index in [1.54, 1.807) is 6.20 Å². The molecule has 5 nitrogen and oxygen atoms in total. The van der Waals surface area contributed by atoms with Crippen LogP contribution in [0.1, 0.15) is 35.2 Å². The van der Waals surface area contributed by atoms with Crippen LogP contribution in [0.4, 0.5) is 0 Å². The monoisotopic (exact) mass is 401 g/mol. The van der Waals surface area contributed by atoms with Crippen LogP contribution in [0.25, 0.3) is 10.9 Å². The van der Waals surface area contributed by atoms with Crippen molar-refractivity contribution in [3.05, 3.63) is 78.0 Å². The SMILES string of the molecule is O=C(c1ccnc2ccccc12)N1CC[C@](O)(c2ccccc2)[C@H](N2CCCC2)C1. The van der Waals surface area contributed by atoms with Gasteiger partial charge in [-0.05, 0) is 50.0 Å². The van der Waals surface area contributed by atoms with E-state index in [0.717, 1.165) is 42.4 Å². The summed E-state index contributed by atoms with van der Waals surface area (Å²) in [6.45, 7) is 3.01. The highest BCUT2D eigenvalue weighted by atomic mass is 16.3. The van der Waals surface area contributed by atoms with Crippen LogP contribution in [0.3, 0.4) is 0 Å². The second kappa shape index (κ2) is 7.82. The Morgan fingerprint density at radius 2 is 1.70 bits per heavy atom. The lowest BCUT2D eigenvalue weighted by molar-refractivity contribution is -0.0877. The Morgan fingerprint density at radius 3 is 2.50 bits per heavy atom. The highest BCUT2D eigenvalue weighted by molar-refractivity contribution is 6.06. The topological polar surface area (TPSA) is 56.7 Å². The minimum absolute atomic E-state index is 0.0212. The van der Waals surface area contributed by atoms with E-state index in [-0.39, 0.29) is 11.9 Å². The fourth-order valence-electron chi connectivity index (χ4n) is 5.09. The number of nitrogens with zero attached hydrogens (tertiary/aromatic N) is 3. The smallest absolute Gasteiger partial charge is 0.254 e. The zero-order chi connectivity index (χ0) is 20.6. The third kappa shape index (κ3) is 3.28. The number of aromatic nitrogens is 1. The molecule has 154 valence electrons. The number of aliphatic hydroxyl groups is 1. The van der Waals surface area contributed by atoms with Crippen molar-refractivity contribution in [2.45, 2.75) is 30.9 Å². The summed E-state index contributed by atoms with van der Waals surface area (Å²) in [5.41, 5.74) is 1.52. The van der Waals surface area contributed by atoms with Crippen molar-refractivity contribution in [1.29, 1.82) is 0 Å². The number of hydrogen-bond donors (Lipinski definition) is 1. The molecule has 2 aliphatic heterocycles. The van der Waals surface area contributed by atoms with Gasteiger partial charge in [0, 0.05) is 24.7 Å². The third-order valence-corrected chi connectivity index (χ3v) is 6.73. The molecule has 2 fully saturated rings. The van der Waals surface area contributed by atoms with Gasteiger partial charge in [0.15, 0.2) is 0 Å². The molecular formula is C25H27N3O2. The molecule has 2 atom stereocenters. The number of pyridine rings is 1. The second-order valence-corrected chi connectivity index (χ2v) is 8.43. The fourth-order valence-corrected chi connectivity index (χ4v) is 5.09. The number of amides is 1. The Hall–Kier alpha value is -2.76. The van der Waals surface area contributed by atoms with Crippen LogP contribution in [0.2, 0.25) is 0 Å². The van der Waals surface area contributed by atoms with E-state index in [9.17, 15) is 9.90 Å². The van der Waals surface area contributed by atoms with Gasteiger partial charge in [0.1, 0.15) is 5.60 Å². The van der Waals surface area contributed by atoms with Gasteiger partial charge in [-0.25, -0.2) is 0 Å². The Bertz CT molecular complexity index is 1040. The molecule has 0 spiro atoms. The zero-order valence-electron chi connectivity index (χ0n) is 17.1. The summed E-state index contributed by atoms with van der Waals surface area (Å²) in [7, 11) is 0. The van der Waals surface area contributed by atoms with Gasteiger partial charge in [0.2, 0.25) is 0 Å². The number of para-hydroxylation sites is 1. The normalized spacial score (nSPS) is 25.0. The van der Waals surface area contributed by atoms with E-state index in [1.165, 1.54) is 0 Å². The number of rotatable bonds is 3. The number of piperidine rings is 1.